The second-order valence-corrected chi connectivity index (χ2v) is 19.6. The lowest BCUT2D eigenvalue weighted by Crippen LogP contribution is -2.41. The number of benzene rings is 4. The van der Waals surface area contributed by atoms with E-state index >= 15 is 0 Å². The minimum absolute atomic E-state index is 0.360. The molecule has 0 aliphatic carbocycles. The molecule has 0 bridgehead atoms. The van der Waals surface area contributed by atoms with Crippen LogP contribution in [0.4, 0.5) is 0 Å². The molecule has 6 aromatic rings. The third kappa shape index (κ3) is 10.4. The van der Waals surface area contributed by atoms with Crippen LogP contribution in [-0.2, 0) is 27.9 Å². The largest absolute Gasteiger partial charge is 0.534 e. The Hall–Kier alpha value is -4.67. The summed E-state index contributed by atoms with van der Waals surface area (Å²) in [5.41, 5.74) is 1.94. The van der Waals surface area contributed by atoms with Gasteiger partial charge in [0.05, 0.1) is 33.6 Å². The predicted molar refractivity (Wildman–Crippen MR) is 257 cm³/mol. The normalized spacial score (nSPS) is 19.6. The van der Waals surface area contributed by atoms with Crippen molar-refractivity contribution in [3.05, 3.63) is 126 Å². The van der Waals surface area contributed by atoms with E-state index in [2.05, 4.69) is 45.8 Å². The van der Waals surface area contributed by atoms with Gasteiger partial charge in [-0.25, -0.2) is 29.9 Å². The smallest absolute Gasteiger partial charge is 0.405 e. The van der Waals surface area contributed by atoms with Crippen molar-refractivity contribution < 1.29 is 27.9 Å². The SMILES string of the molecule is Brc1nc(-c2ccccc2)nc(-c2ccccc2)n1.CC1(C)OB(B2OC(C)(C)C(C)(C)O2)OC1(C)C.CC1(C)OB(c2nc(-c3ccccc3)nc(-c3ccccc3)n2)OC1(C)C. The number of aromatic nitrogens is 6. The lowest BCUT2D eigenvalue weighted by Gasteiger charge is -2.32. The van der Waals surface area contributed by atoms with Gasteiger partial charge < -0.3 is 27.9 Å². The summed E-state index contributed by atoms with van der Waals surface area (Å²) in [6.07, 6.45) is 0. The molecule has 330 valence electrons. The fourth-order valence-electron chi connectivity index (χ4n) is 6.66. The van der Waals surface area contributed by atoms with Crippen molar-refractivity contribution in [3.63, 3.8) is 0 Å². The minimum atomic E-state index is -0.636. The quantitative estimate of drug-likeness (QED) is 0.147. The van der Waals surface area contributed by atoms with Crippen molar-refractivity contribution in [1.29, 1.82) is 0 Å². The van der Waals surface area contributed by atoms with Crippen LogP contribution >= 0.6 is 15.9 Å². The topological polar surface area (TPSA) is 133 Å². The molecule has 3 aliphatic heterocycles. The Morgan fingerprint density at radius 3 is 0.828 bits per heavy atom. The van der Waals surface area contributed by atoms with Gasteiger partial charge in [-0.05, 0) is 99.0 Å². The first-order valence-electron chi connectivity index (χ1n) is 21.5. The highest BCUT2D eigenvalue weighted by Gasteiger charge is 2.63. The zero-order valence-corrected chi connectivity index (χ0v) is 40.4. The lowest BCUT2D eigenvalue weighted by atomic mass is 9.49. The molecule has 64 heavy (non-hydrogen) atoms. The van der Waals surface area contributed by atoms with Gasteiger partial charge in [-0.1, -0.05) is 121 Å². The second-order valence-electron chi connectivity index (χ2n) is 18.9. The van der Waals surface area contributed by atoms with E-state index in [1.54, 1.807) is 0 Å². The van der Waals surface area contributed by atoms with Crippen molar-refractivity contribution in [1.82, 2.24) is 29.9 Å². The molecular weight excluding hydrogens is 869 g/mol. The van der Waals surface area contributed by atoms with E-state index in [0.29, 0.717) is 33.8 Å². The van der Waals surface area contributed by atoms with Gasteiger partial charge in [-0.2, -0.15) is 0 Å². The van der Waals surface area contributed by atoms with Gasteiger partial charge in [0, 0.05) is 22.3 Å². The Bertz CT molecular complexity index is 2330. The molecule has 0 N–H and O–H groups in total. The van der Waals surface area contributed by atoms with Gasteiger partial charge >= 0.3 is 21.1 Å². The minimum Gasteiger partial charge on any atom is -0.405 e. The highest BCUT2D eigenvalue weighted by Crippen LogP contribution is 2.43. The van der Waals surface area contributed by atoms with Gasteiger partial charge in [-0.15, -0.1) is 0 Å². The van der Waals surface area contributed by atoms with Gasteiger partial charge in [0.15, 0.2) is 29.0 Å². The van der Waals surface area contributed by atoms with Gasteiger partial charge in [0.25, 0.3) is 0 Å². The third-order valence-corrected chi connectivity index (χ3v) is 13.0. The Morgan fingerprint density at radius 2 is 0.562 bits per heavy atom. The maximum absolute atomic E-state index is 6.16. The second kappa shape index (κ2) is 18.3. The number of hydrogen-bond acceptors (Lipinski definition) is 12. The summed E-state index contributed by atoms with van der Waals surface area (Å²) in [6.45, 7) is 24.3. The number of hydrogen-bond donors (Lipinski definition) is 0. The Balaban J connectivity index is 0.000000148. The molecule has 0 amide bonds. The lowest BCUT2D eigenvalue weighted by molar-refractivity contribution is 0.00578. The van der Waals surface area contributed by atoms with E-state index in [9.17, 15) is 0 Å². The molecular formula is C48H56B3BrN6O6. The molecule has 0 saturated carbocycles. The highest BCUT2D eigenvalue weighted by atomic mass is 79.9. The van der Waals surface area contributed by atoms with Crippen LogP contribution < -0.4 is 5.72 Å². The Morgan fingerprint density at radius 1 is 0.328 bits per heavy atom. The molecule has 2 aromatic heterocycles. The highest BCUT2D eigenvalue weighted by molar-refractivity contribution is 9.10. The summed E-state index contributed by atoms with van der Waals surface area (Å²) < 4.78 is 36.7. The Kier molecular flexibility index (Phi) is 13.5. The summed E-state index contributed by atoms with van der Waals surface area (Å²) in [5.74, 6) is 2.55. The number of halogens is 1. The third-order valence-electron chi connectivity index (χ3n) is 12.6. The van der Waals surface area contributed by atoms with E-state index < -0.39 is 32.3 Å². The van der Waals surface area contributed by atoms with Crippen molar-refractivity contribution in [2.75, 3.05) is 0 Å². The Labute approximate surface area is 387 Å². The average Bonchev–Trinajstić information content (AvgIpc) is 3.74. The first-order chi connectivity index (χ1) is 30.1. The van der Waals surface area contributed by atoms with Crippen LogP contribution in [0, 0.1) is 0 Å². The van der Waals surface area contributed by atoms with E-state index in [0.717, 1.165) is 22.3 Å². The molecule has 0 unspecified atom stereocenters. The average molecular weight is 925 g/mol. The summed E-state index contributed by atoms with van der Waals surface area (Å²) in [6, 6.07) is 39.5. The first-order valence-corrected chi connectivity index (χ1v) is 22.3. The molecule has 3 saturated heterocycles. The summed E-state index contributed by atoms with van der Waals surface area (Å²) in [7, 11) is -1.59. The van der Waals surface area contributed by atoms with Crippen molar-refractivity contribution in [2.45, 2.75) is 117 Å². The van der Waals surface area contributed by atoms with E-state index in [1.807, 2.05) is 204 Å². The van der Waals surface area contributed by atoms with Gasteiger partial charge in [-0.3, -0.25) is 0 Å². The van der Waals surface area contributed by atoms with Crippen LogP contribution in [0.1, 0.15) is 83.1 Å². The monoisotopic (exact) mass is 924 g/mol. The van der Waals surface area contributed by atoms with Crippen molar-refractivity contribution >= 4 is 42.8 Å². The maximum atomic E-state index is 6.16. The molecule has 3 aliphatic rings. The maximum Gasteiger partial charge on any atom is 0.534 e. The number of rotatable bonds is 6. The molecule has 0 spiro atoms. The molecule has 0 atom stereocenters. The fraction of sp³-hybridized carbons (Fsp3) is 0.375. The molecule has 12 nitrogen and oxygen atoms in total. The van der Waals surface area contributed by atoms with Crippen LogP contribution in [0.15, 0.2) is 126 Å². The van der Waals surface area contributed by atoms with Crippen LogP contribution in [-0.4, -0.2) is 84.6 Å². The standard InChI is InChI=1S/C21H22BN3O2.C15H10BrN3.C12H24B2O4/c1-20(2)21(3,4)27-22(26-20)19-24-17(15-11-7-5-8-12-15)23-18(25-19)16-13-9-6-10-14-16;16-15-18-13(11-7-3-1-4-8-11)17-14(19-15)12-9-5-2-6-10-12;1-9(2)10(3,4)16-13(15-9)14-17-11(5,6)12(7,8)18-14/h5-14H,1-4H3;1-10H;1-8H3. The molecule has 9 rings (SSSR count). The molecule has 4 aromatic carbocycles. The summed E-state index contributed by atoms with van der Waals surface area (Å²) in [4.78, 5) is 27.2. The zero-order valence-electron chi connectivity index (χ0n) is 38.8. The van der Waals surface area contributed by atoms with E-state index in [1.165, 1.54) is 0 Å². The molecule has 0 radical (unpaired) electrons. The van der Waals surface area contributed by atoms with E-state index in [4.69, 9.17) is 27.9 Å². The molecule has 5 heterocycles. The van der Waals surface area contributed by atoms with Crippen molar-refractivity contribution in [2.24, 2.45) is 0 Å². The van der Waals surface area contributed by atoms with Crippen LogP contribution in [0.25, 0.3) is 45.6 Å². The van der Waals surface area contributed by atoms with E-state index in [-0.39, 0.29) is 22.4 Å². The summed E-state index contributed by atoms with van der Waals surface area (Å²) in [5, 5.41) is 0. The van der Waals surface area contributed by atoms with Crippen LogP contribution in [0.5, 0.6) is 0 Å². The predicted octanol–water partition coefficient (Wildman–Crippen LogP) is 9.72. The number of nitrogens with zero attached hydrogens (tertiary/aromatic N) is 6. The molecule has 3 fully saturated rings. The fourth-order valence-corrected chi connectivity index (χ4v) is 7.00. The van der Waals surface area contributed by atoms with Gasteiger partial charge in [0.1, 0.15) is 0 Å². The molecule has 16 heteroatoms. The first kappa shape index (κ1) is 47.3. The van der Waals surface area contributed by atoms with Crippen LogP contribution in [0.2, 0.25) is 0 Å². The van der Waals surface area contributed by atoms with Crippen LogP contribution in [0.3, 0.4) is 0 Å². The van der Waals surface area contributed by atoms with Crippen molar-refractivity contribution in [3.8, 4) is 45.6 Å². The van der Waals surface area contributed by atoms with Gasteiger partial charge in [0.2, 0.25) is 4.73 Å². The summed E-state index contributed by atoms with van der Waals surface area (Å²) >= 11 is 3.35. The zero-order chi connectivity index (χ0) is 46.1.